The van der Waals surface area contributed by atoms with Crippen LogP contribution in [0.1, 0.15) is 16.7 Å². The molecule has 3 N–H and O–H groups in total. The zero-order valence-electron chi connectivity index (χ0n) is 9.76. The molecule has 2 rings (SSSR count). The molecule has 0 aliphatic heterocycles. The summed E-state index contributed by atoms with van der Waals surface area (Å²) < 4.78 is 0. The number of nitrogens with two attached hydrogens (primary N) is 1. The van der Waals surface area contributed by atoms with Crippen molar-refractivity contribution in [1.82, 2.24) is 10.3 Å². The number of benzene rings is 1. The highest BCUT2D eigenvalue weighted by atomic mass is 14.8. The third kappa shape index (κ3) is 3.66. The summed E-state index contributed by atoms with van der Waals surface area (Å²) in [5, 5.41) is 3.39. The van der Waals surface area contributed by atoms with Crippen molar-refractivity contribution in [2.24, 2.45) is 5.73 Å². The maximum atomic E-state index is 5.61. The molecule has 0 spiro atoms. The molecule has 0 atom stereocenters. The van der Waals surface area contributed by atoms with E-state index in [9.17, 15) is 0 Å². The molecule has 0 bridgehead atoms. The van der Waals surface area contributed by atoms with Crippen LogP contribution < -0.4 is 11.1 Å². The summed E-state index contributed by atoms with van der Waals surface area (Å²) in [6.07, 6.45) is 3.66. The maximum absolute atomic E-state index is 5.61. The highest BCUT2D eigenvalue weighted by Crippen LogP contribution is 2.04. The first-order valence-electron chi connectivity index (χ1n) is 5.76. The van der Waals surface area contributed by atoms with Gasteiger partial charge >= 0.3 is 0 Å². The molecule has 2 aromatic rings. The standard InChI is InChI=1S/C14H17N3/c15-8-12-3-1-4-13(7-12)9-17-11-14-5-2-6-16-10-14/h1-7,10,17H,8-9,11,15H2. The highest BCUT2D eigenvalue weighted by molar-refractivity contribution is 5.23. The van der Waals surface area contributed by atoms with Crippen LogP contribution >= 0.6 is 0 Å². The fourth-order valence-corrected chi connectivity index (χ4v) is 1.72. The first-order valence-corrected chi connectivity index (χ1v) is 5.76. The Labute approximate surface area is 102 Å². The van der Waals surface area contributed by atoms with Crippen molar-refractivity contribution in [3.63, 3.8) is 0 Å². The van der Waals surface area contributed by atoms with Gasteiger partial charge < -0.3 is 11.1 Å². The summed E-state index contributed by atoms with van der Waals surface area (Å²) in [6, 6.07) is 12.3. The van der Waals surface area contributed by atoms with Gasteiger partial charge in [0.15, 0.2) is 0 Å². The molecule has 1 aromatic heterocycles. The van der Waals surface area contributed by atoms with Crippen molar-refractivity contribution in [3.8, 4) is 0 Å². The van der Waals surface area contributed by atoms with E-state index in [0.717, 1.165) is 13.1 Å². The van der Waals surface area contributed by atoms with Crippen molar-refractivity contribution < 1.29 is 0 Å². The molecule has 0 aliphatic rings. The topological polar surface area (TPSA) is 50.9 Å². The van der Waals surface area contributed by atoms with Crippen LogP contribution in [0.25, 0.3) is 0 Å². The fourth-order valence-electron chi connectivity index (χ4n) is 1.72. The number of hydrogen-bond donors (Lipinski definition) is 2. The lowest BCUT2D eigenvalue weighted by atomic mass is 10.1. The van der Waals surface area contributed by atoms with Crippen molar-refractivity contribution in [1.29, 1.82) is 0 Å². The van der Waals surface area contributed by atoms with Crippen LogP contribution in [0.4, 0.5) is 0 Å². The molecule has 0 aliphatic carbocycles. The molecule has 0 fully saturated rings. The molecule has 0 saturated heterocycles. The summed E-state index contributed by atoms with van der Waals surface area (Å²) in [5.74, 6) is 0. The van der Waals surface area contributed by atoms with E-state index in [1.165, 1.54) is 16.7 Å². The Morgan fingerprint density at radius 1 is 1.00 bits per heavy atom. The van der Waals surface area contributed by atoms with Gasteiger partial charge in [-0.15, -0.1) is 0 Å². The van der Waals surface area contributed by atoms with Gasteiger partial charge in [0.25, 0.3) is 0 Å². The van der Waals surface area contributed by atoms with Crippen LogP contribution in [0, 0.1) is 0 Å². The lowest BCUT2D eigenvalue weighted by molar-refractivity contribution is 0.690. The summed E-state index contributed by atoms with van der Waals surface area (Å²) in [5.41, 5.74) is 9.24. The number of rotatable bonds is 5. The van der Waals surface area contributed by atoms with Crippen LogP contribution in [-0.4, -0.2) is 4.98 Å². The van der Waals surface area contributed by atoms with Crippen LogP contribution in [0.5, 0.6) is 0 Å². The Kier molecular flexibility index (Phi) is 4.24. The Morgan fingerprint density at radius 2 is 1.76 bits per heavy atom. The number of pyridine rings is 1. The molecule has 3 heteroatoms. The highest BCUT2D eigenvalue weighted by Gasteiger charge is 1.95. The smallest absolute Gasteiger partial charge is 0.0312 e. The zero-order valence-corrected chi connectivity index (χ0v) is 9.76. The molecular formula is C14H17N3. The third-order valence-corrected chi connectivity index (χ3v) is 2.61. The minimum atomic E-state index is 0.594. The molecular weight excluding hydrogens is 210 g/mol. The van der Waals surface area contributed by atoms with Crippen LogP contribution in [0.15, 0.2) is 48.8 Å². The molecule has 0 saturated carbocycles. The van der Waals surface area contributed by atoms with E-state index in [-0.39, 0.29) is 0 Å². The second-order valence-electron chi connectivity index (χ2n) is 3.99. The van der Waals surface area contributed by atoms with E-state index in [2.05, 4.69) is 28.5 Å². The average Bonchev–Trinajstić information content (AvgIpc) is 2.40. The van der Waals surface area contributed by atoms with Crippen molar-refractivity contribution in [3.05, 3.63) is 65.5 Å². The van der Waals surface area contributed by atoms with Crippen molar-refractivity contribution in [2.75, 3.05) is 0 Å². The monoisotopic (exact) mass is 227 g/mol. The van der Waals surface area contributed by atoms with Gasteiger partial charge in [0, 0.05) is 32.0 Å². The molecule has 1 heterocycles. The van der Waals surface area contributed by atoms with E-state index in [4.69, 9.17) is 5.73 Å². The molecule has 17 heavy (non-hydrogen) atoms. The predicted octanol–water partition coefficient (Wildman–Crippen LogP) is 1.83. The Morgan fingerprint density at radius 3 is 2.53 bits per heavy atom. The SMILES string of the molecule is NCc1cccc(CNCc2cccnc2)c1. The van der Waals surface area contributed by atoms with Gasteiger partial charge in [-0.3, -0.25) is 4.98 Å². The van der Waals surface area contributed by atoms with Gasteiger partial charge in [0.1, 0.15) is 0 Å². The normalized spacial score (nSPS) is 10.4. The Balaban J connectivity index is 1.86. The van der Waals surface area contributed by atoms with Crippen LogP contribution in [0.3, 0.4) is 0 Å². The second kappa shape index (κ2) is 6.13. The van der Waals surface area contributed by atoms with Gasteiger partial charge in [-0.05, 0) is 22.8 Å². The number of nitrogens with one attached hydrogen (secondary N) is 1. The Hall–Kier alpha value is -1.71. The molecule has 0 radical (unpaired) electrons. The summed E-state index contributed by atoms with van der Waals surface area (Å²) in [4.78, 5) is 4.08. The van der Waals surface area contributed by atoms with Gasteiger partial charge in [-0.25, -0.2) is 0 Å². The van der Waals surface area contributed by atoms with E-state index >= 15 is 0 Å². The van der Waals surface area contributed by atoms with Crippen molar-refractivity contribution >= 4 is 0 Å². The summed E-state index contributed by atoms with van der Waals surface area (Å²) >= 11 is 0. The number of nitrogens with zero attached hydrogens (tertiary/aromatic N) is 1. The summed E-state index contributed by atoms with van der Waals surface area (Å²) in [7, 11) is 0. The van der Waals surface area contributed by atoms with Crippen molar-refractivity contribution in [2.45, 2.75) is 19.6 Å². The second-order valence-corrected chi connectivity index (χ2v) is 3.99. The van der Waals surface area contributed by atoms with E-state index < -0.39 is 0 Å². The van der Waals surface area contributed by atoms with E-state index in [0.29, 0.717) is 6.54 Å². The number of hydrogen-bond acceptors (Lipinski definition) is 3. The molecule has 1 aromatic carbocycles. The van der Waals surface area contributed by atoms with Gasteiger partial charge in [0.05, 0.1) is 0 Å². The minimum absolute atomic E-state index is 0.594. The molecule has 3 nitrogen and oxygen atoms in total. The average molecular weight is 227 g/mol. The van der Waals surface area contributed by atoms with E-state index in [1.54, 1.807) is 6.20 Å². The van der Waals surface area contributed by atoms with Crippen LogP contribution in [-0.2, 0) is 19.6 Å². The lowest BCUT2D eigenvalue weighted by Gasteiger charge is -2.06. The fraction of sp³-hybridized carbons (Fsp3) is 0.214. The molecule has 0 amide bonds. The minimum Gasteiger partial charge on any atom is -0.326 e. The lowest BCUT2D eigenvalue weighted by Crippen LogP contribution is -2.13. The molecule has 88 valence electrons. The third-order valence-electron chi connectivity index (χ3n) is 2.61. The Bertz CT molecular complexity index is 454. The van der Waals surface area contributed by atoms with Gasteiger partial charge in [-0.1, -0.05) is 30.3 Å². The quantitative estimate of drug-likeness (QED) is 0.819. The van der Waals surface area contributed by atoms with Crippen LogP contribution in [0.2, 0.25) is 0 Å². The first kappa shape index (κ1) is 11.8. The van der Waals surface area contributed by atoms with E-state index in [1.807, 2.05) is 24.4 Å². The van der Waals surface area contributed by atoms with Gasteiger partial charge in [0.2, 0.25) is 0 Å². The zero-order chi connectivity index (χ0) is 11.9. The largest absolute Gasteiger partial charge is 0.326 e. The predicted molar refractivity (Wildman–Crippen MR) is 69.1 cm³/mol. The summed E-state index contributed by atoms with van der Waals surface area (Å²) in [6.45, 7) is 2.28. The first-order chi connectivity index (χ1) is 8.38. The molecule has 0 unspecified atom stereocenters. The maximum Gasteiger partial charge on any atom is 0.0312 e. The number of aromatic nitrogens is 1. The van der Waals surface area contributed by atoms with Gasteiger partial charge in [-0.2, -0.15) is 0 Å².